The van der Waals surface area contributed by atoms with Crippen molar-refractivity contribution in [2.45, 2.75) is 52.5 Å². The van der Waals surface area contributed by atoms with Gasteiger partial charge in [0.1, 0.15) is 5.75 Å². The van der Waals surface area contributed by atoms with Crippen molar-refractivity contribution < 1.29 is 4.74 Å². The SMILES string of the molecule is CCCN1CCC(NC(=NCCCOc2ccc(C)cc2)NCC)CC1.I. The Labute approximate surface area is 182 Å². The number of hydrogen-bond donors (Lipinski definition) is 2. The average Bonchev–Trinajstić information content (AvgIpc) is 2.65. The number of nitrogens with one attached hydrogen (secondary N) is 2. The first kappa shape index (κ1) is 24.0. The van der Waals surface area contributed by atoms with E-state index >= 15 is 0 Å². The summed E-state index contributed by atoms with van der Waals surface area (Å²) in [4.78, 5) is 7.27. The first-order chi connectivity index (χ1) is 12.7. The van der Waals surface area contributed by atoms with Gasteiger partial charge in [-0.3, -0.25) is 4.99 Å². The van der Waals surface area contributed by atoms with Crippen molar-refractivity contribution in [2.75, 3.05) is 39.3 Å². The number of hydrogen-bond acceptors (Lipinski definition) is 3. The molecule has 1 heterocycles. The Morgan fingerprint density at radius 2 is 1.89 bits per heavy atom. The van der Waals surface area contributed by atoms with Crippen LogP contribution >= 0.6 is 24.0 Å². The molecule has 27 heavy (non-hydrogen) atoms. The van der Waals surface area contributed by atoms with Crippen LogP contribution in [-0.4, -0.2) is 56.2 Å². The van der Waals surface area contributed by atoms with Crippen LogP contribution in [0.2, 0.25) is 0 Å². The molecule has 2 rings (SSSR count). The second kappa shape index (κ2) is 14.0. The summed E-state index contributed by atoms with van der Waals surface area (Å²) in [5.74, 6) is 1.88. The zero-order chi connectivity index (χ0) is 18.6. The lowest BCUT2D eigenvalue weighted by Crippen LogP contribution is -2.48. The van der Waals surface area contributed by atoms with Gasteiger partial charge in [0.2, 0.25) is 0 Å². The molecule has 0 bridgehead atoms. The molecule has 1 fully saturated rings. The fourth-order valence-electron chi connectivity index (χ4n) is 3.21. The third kappa shape index (κ3) is 9.65. The van der Waals surface area contributed by atoms with E-state index < -0.39 is 0 Å². The van der Waals surface area contributed by atoms with E-state index in [1.807, 2.05) is 12.1 Å². The van der Waals surface area contributed by atoms with Crippen molar-refractivity contribution >= 4 is 29.9 Å². The maximum Gasteiger partial charge on any atom is 0.191 e. The van der Waals surface area contributed by atoms with Crippen LogP contribution in [0.25, 0.3) is 0 Å². The van der Waals surface area contributed by atoms with Crippen molar-refractivity contribution in [2.24, 2.45) is 4.99 Å². The number of guanidine groups is 1. The van der Waals surface area contributed by atoms with Crippen LogP contribution in [0.5, 0.6) is 5.75 Å². The highest BCUT2D eigenvalue weighted by Gasteiger charge is 2.19. The zero-order valence-corrected chi connectivity index (χ0v) is 19.5. The predicted octanol–water partition coefficient (Wildman–Crippen LogP) is 3.81. The van der Waals surface area contributed by atoms with Crippen LogP contribution < -0.4 is 15.4 Å². The van der Waals surface area contributed by atoms with E-state index in [0.717, 1.165) is 31.2 Å². The van der Waals surface area contributed by atoms with E-state index in [1.165, 1.54) is 44.5 Å². The maximum absolute atomic E-state index is 5.77. The highest BCUT2D eigenvalue weighted by Crippen LogP contribution is 2.12. The highest BCUT2D eigenvalue weighted by molar-refractivity contribution is 14.0. The summed E-state index contributed by atoms with van der Waals surface area (Å²) in [7, 11) is 0. The Kier molecular flexibility index (Phi) is 12.5. The number of nitrogens with zero attached hydrogens (tertiary/aromatic N) is 2. The molecule has 2 N–H and O–H groups in total. The molecule has 0 spiro atoms. The first-order valence-electron chi connectivity index (χ1n) is 10.2. The Morgan fingerprint density at radius 1 is 1.19 bits per heavy atom. The van der Waals surface area contributed by atoms with E-state index in [-0.39, 0.29) is 24.0 Å². The molecular formula is C21H37IN4O. The molecule has 0 amide bonds. The molecule has 6 heteroatoms. The fraction of sp³-hybridized carbons (Fsp3) is 0.667. The summed E-state index contributed by atoms with van der Waals surface area (Å²) in [6, 6.07) is 8.73. The van der Waals surface area contributed by atoms with Gasteiger partial charge in [-0.2, -0.15) is 0 Å². The molecule has 1 aromatic carbocycles. The Hall–Kier alpha value is -1.02. The molecule has 154 valence electrons. The molecule has 0 radical (unpaired) electrons. The average molecular weight is 488 g/mol. The molecule has 0 aliphatic carbocycles. The molecule has 1 aromatic rings. The number of rotatable bonds is 9. The maximum atomic E-state index is 5.77. The highest BCUT2D eigenvalue weighted by atomic mass is 127. The van der Waals surface area contributed by atoms with Crippen molar-refractivity contribution in [3.8, 4) is 5.75 Å². The molecule has 0 atom stereocenters. The third-order valence-electron chi connectivity index (χ3n) is 4.67. The number of piperidine rings is 1. The second-order valence-electron chi connectivity index (χ2n) is 7.04. The molecular weight excluding hydrogens is 451 g/mol. The summed E-state index contributed by atoms with van der Waals surface area (Å²) in [6.45, 7) is 12.4. The van der Waals surface area contributed by atoms with Crippen molar-refractivity contribution in [1.82, 2.24) is 15.5 Å². The molecule has 0 saturated carbocycles. The van der Waals surface area contributed by atoms with Crippen molar-refractivity contribution in [1.29, 1.82) is 0 Å². The number of aliphatic imine (C=N–C) groups is 1. The molecule has 1 aliphatic heterocycles. The normalized spacial score (nSPS) is 15.9. The van der Waals surface area contributed by atoms with Gasteiger partial charge >= 0.3 is 0 Å². The quantitative estimate of drug-likeness (QED) is 0.240. The zero-order valence-electron chi connectivity index (χ0n) is 17.2. The van der Waals surface area contributed by atoms with Crippen LogP contribution in [0.3, 0.4) is 0 Å². The minimum absolute atomic E-state index is 0. The van der Waals surface area contributed by atoms with Gasteiger partial charge in [-0.05, 0) is 51.8 Å². The number of ether oxygens (including phenoxy) is 1. The lowest BCUT2D eigenvalue weighted by atomic mass is 10.1. The van der Waals surface area contributed by atoms with Crippen molar-refractivity contribution in [3.05, 3.63) is 29.8 Å². The van der Waals surface area contributed by atoms with Gasteiger partial charge in [0, 0.05) is 38.6 Å². The van der Waals surface area contributed by atoms with Gasteiger partial charge in [0.05, 0.1) is 6.61 Å². The summed E-state index contributed by atoms with van der Waals surface area (Å²) in [6.07, 6.45) is 4.55. The van der Waals surface area contributed by atoms with E-state index in [4.69, 9.17) is 9.73 Å². The summed E-state index contributed by atoms with van der Waals surface area (Å²) in [5, 5.41) is 6.97. The van der Waals surface area contributed by atoms with Crippen LogP contribution in [0, 0.1) is 6.92 Å². The number of halogens is 1. The minimum Gasteiger partial charge on any atom is -0.494 e. The lowest BCUT2D eigenvalue weighted by Gasteiger charge is -2.32. The van der Waals surface area contributed by atoms with Crippen molar-refractivity contribution in [3.63, 3.8) is 0 Å². The van der Waals surface area contributed by atoms with E-state index in [0.29, 0.717) is 12.6 Å². The third-order valence-corrected chi connectivity index (χ3v) is 4.67. The molecule has 0 unspecified atom stereocenters. The van der Waals surface area contributed by atoms with Gasteiger partial charge in [0.25, 0.3) is 0 Å². The van der Waals surface area contributed by atoms with Crippen LogP contribution in [-0.2, 0) is 0 Å². The van der Waals surface area contributed by atoms with Gasteiger partial charge in [-0.25, -0.2) is 0 Å². The monoisotopic (exact) mass is 488 g/mol. The topological polar surface area (TPSA) is 48.9 Å². The van der Waals surface area contributed by atoms with Gasteiger partial charge < -0.3 is 20.3 Å². The fourth-order valence-corrected chi connectivity index (χ4v) is 3.21. The standard InChI is InChI=1S/C21H36N4O.HI/c1-4-14-25-15-11-19(12-16-25)24-21(22-5-2)23-13-6-17-26-20-9-7-18(3)8-10-20;/h7-10,19H,4-6,11-17H2,1-3H3,(H2,22,23,24);1H. The summed E-state index contributed by atoms with van der Waals surface area (Å²) in [5.41, 5.74) is 1.25. The predicted molar refractivity (Wildman–Crippen MR) is 126 cm³/mol. The number of benzene rings is 1. The Morgan fingerprint density at radius 3 is 2.52 bits per heavy atom. The van der Waals surface area contributed by atoms with Gasteiger partial charge in [-0.15, -0.1) is 24.0 Å². The van der Waals surface area contributed by atoms with E-state index in [2.05, 4.69) is 48.4 Å². The minimum atomic E-state index is 0. The molecule has 0 aromatic heterocycles. The number of likely N-dealkylation sites (tertiary alicyclic amines) is 1. The van der Waals surface area contributed by atoms with Crippen LogP contribution in [0.1, 0.15) is 45.1 Å². The first-order valence-corrected chi connectivity index (χ1v) is 10.2. The van der Waals surface area contributed by atoms with Crippen LogP contribution in [0.15, 0.2) is 29.3 Å². The number of aryl methyl sites for hydroxylation is 1. The Bertz CT molecular complexity index is 527. The van der Waals surface area contributed by atoms with Gasteiger partial charge in [0.15, 0.2) is 5.96 Å². The smallest absolute Gasteiger partial charge is 0.191 e. The Balaban J connectivity index is 0.00000364. The van der Waals surface area contributed by atoms with Crippen LogP contribution in [0.4, 0.5) is 0 Å². The van der Waals surface area contributed by atoms with E-state index in [1.54, 1.807) is 0 Å². The van der Waals surface area contributed by atoms with Gasteiger partial charge in [-0.1, -0.05) is 24.6 Å². The molecule has 1 saturated heterocycles. The lowest BCUT2D eigenvalue weighted by molar-refractivity contribution is 0.206. The summed E-state index contributed by atoms with van der Waals surface area (Å²) < 4.78 is 5.77. The second-order valence-corrected chi connectivity index (χ2v) is 7.04. The largest absolute Gasteiger partial charge is 0.494 e. The molecule has 5 nitrogen and oxygen atoms in total. The summed E-state index contributed by atoms with van der Waals surface area (Å²) >= 11 is 0. The molecule has 1 aliphatic rings. The van der Waals surface area contributed by atoms with E-state index in [9.17, 15) is 0 Å².